The monoisotopic (exact) mass is 289 g/mol. The van der Waals surface area contributed by atoms with Gasteiger partial charge in [0.25, 0.3) is 0 Å². The van der Waals surface area contributed by atoms with Crippen molar-refractivity contribution in [2.45, 2.75) is 44.6 Å². The molecule has 4 atom stereocenters. The van der Waals surface area contributed by atoms with Gasteiger partial charge in [0, 0.05) is 5.92 Å². The zero-order chi connectivity index (χ0) is 15.1. The summed E-state index contributed by atoms with van der Waals surface area (Å²) in [5.41, 5.74) is -0.721. The predicted octanol–water partition coefficient (Wildman–Crippen LogP) is 1.13. The van der Waals surface area contributed by atoms with Crippen LogP contribution in [0, 0.1) is 5.92 Å². The minimum Gasteiger partial charge on any atom is -0.467 e. The van der Waals surface area contributed by atoms with E-state index in [-0.39, 0.29) is 13.2 Å². The molecule has 7 heteroatoms. The van der Waals surface area contributed by atoms with E-state index in [2.05, 4.69) is 4.74 Å². The SMILES string of the molecule is COC(=O)C1C(F)C2COCC2N1C(=O)OC(C)(C)C. The van der Waals surface area contributed by atoms with Crippen molar-refractivity contribution in [1.29, 1.82) is 0 Å². The van der Waals surface area contributed by atoms with Crippen LogP contribution in [0.2, 0.25) is 0 Å². The number of nitrogens with zero attached hydrogens (tertiary/aromatic N) is 1. The second-order valence-electron chi connectivity index (χ2n) is 6.07. The van der Waals surface area contributed by atoms with Crippen molar-refractivity contribution in [3.05, 3.63) is 0 Å². The van der Waals surface area contributed by atoms with Gasteiger partial charge in [-0.05, 0) is 20.8 Å². The van der Waals surface area contributed by atoms with Crippen LogP contribution in [0.1, 0.15) is 20.8 Å². The molecular formula is C13H20FNO5. The Labute approximate surface area is 117 Å². The molecule has 2 rings (SSSR count). The lowest BCUT2D eigenvalue weighted by atomic mass is 10.0. The van der Waals surface area contributed by atoms with Gasteiger partial charge in [0.1, 0.15) is 11.8 Å². The number of carbonyl (C=O) groups excluding carboxylic acids is 2. The highest BCUT2D eigenvalue weighted by Gasteiger charge is 2.58. The van der Waals surface area contributed by atoms with Crippen molar-refractivity contribution in [2.24, 2.45) is 5.92 Å². The Kier molecular flexibility index (Phi) is 3.90. The molecule has 0 aromatic carbocycles. The Morgan fingerprint density at radius 3 is 2.50 bits per heavy atom. The smallest absolute Gasteiger partial charge is 0.411 e. The van der Waals surface area contributed by atoms with Crippen molar-refractivity contribution in [1.82, 2.24) is 4.90 Å². The summed E-state index contributed by atoms with van der Waals surface area (Å²) in [6.07, 6.45) is -2.21. The molecule has 2 aliphatic rings. The number of fused-ring (bicyclic) bond motifs is 1. The molecular weight excluding hydrogens is 269 g/mol. The molecule has 114 valence electrons. The number of halogens is 1. The van der Waals surface area contributed by atoms with Crippen molar-refractivity contribution in [3.8, 4) is 0 Å². The Bertz CT molecular complexity index is 408. The molecule has 0 saturated carbocycles. The molecule has 2 aliphatic heterocycles. The van der Waals surface area contributed by atoms with Crippen molar-refractivity contribution < 1.29 is 28.2 Å². The third-order valence-corrected chi connectivity index (χ3v) is 3.51. The highest BCUT2D eigenvalue weighted by Crippen LogP contribution is 2.38. The third-order valence-electron chi connectivity index (χ3n) is 3.51. The maximum absolute atomic E-state index is 14.4. The molecule has 20 heavy (non-hydrogen) atoms. The Balaban J connectivity index is 2.25. The van der Waals surface area contributed by atoms with E-state index in [1.807, 2.05) is 0 Å². The van der Waals surface area contributed by atoms with Crippen LogP contribution in [0.5, 0.6) is 0 Å². The highest BCUT2D eigenvalue weighted by atomic mass is 19.1. The first-order valence-electron chi connectivity index (χ1n) is 6.57. The van der Waals surface area contributed by atoms with E-state index in [1.54, 1.807) is 20.8 Å². The number of carbonyl (C=O) groups is 2. The first-order valence-corrected chi connectivity index (χ1v) is 6.57. The summed E-state index contributed by atoms with van der Waals surface area (Å²) in [4.78, 5) is 25.2. The molecule has 0 radical (unpaired) electrons. The first-order chi connectivity index (χ1) is 9.26. The normalized spacial score (nSPS) is 33.0. The highest BCUT2D eigenvalue weighted by molar-refractivity contribution is 5.83. The number of hydrogen-bond acceptors (Lipinski definition) is 5. The molecule has 2 heterocycles. The van der Waals surface area contributed by atoms with E-state index in [4.69, 9.17) is 9.47 Å². The molecule has 4 unspecified atom stereocenters. The molecule has 0 bridgehead atoms. The fourth-order valence-corrected chi connectivity index (χ4v) is 2.67. The van der Waals surface area contributed by atoms with Crippen molar-refractivity contribution in [2.75, 3.05) is 20.3 Å². The zero-order valence-electron chi connectivity index (χ0n) is 12.1. The lowest BCUT2D eigenvalue weighted by Crippen LogP contribution is -2.50. The van der Waals surface area contributed by atoms with Crippen LogP contribution >= 0.6 is 0 Å². The molecule has 0 aliphatic carbocycles. The van der Waals surface area contributed by atoms with E-state index in [1.165, 1.54) is 7.11 Å². The summed E-state index contributed by atoms with van der Waals surface area (Å²) in [6, 6.07) is -1.74. The number of amides is 1. The average Bonchev–Trinajstić information content (AvgIpc) is 2.88. The maximum atomic E-state index is 14.4. The van der Waals surface area contributed by atoms with Crippen LogP contribution in [0.15, 0.2) is 0 Å². The molecule has 1 amide bonds. The van der Waals surface area contributed by atoms with E-state index < -0.39 is 41.8 Å². The van der Waals surface area contributed by atoms with E-state index in [0.717, 1.165) is 4.90 Å². The number of rotatable bonds is 1. The number of esters is 1. The number of likely N-dealkylation sites (tertiary alicyclic amines) is 1. The topological polar surface area (TPSA) is 65.1 Å². The van der Waals surface area contributed by atoms with E-state index in [9.17, 15) is 14.0 Å². The minimum absolute atomic E-state index is 0.193. The first kappa shape index (κ1) is 15.0. The Hall–Kier alpha value is -1.37. The largest absolute Gasteiger partial charge is 0.467 e. The second kappa shape index (κ2) is 5.20. The lowest BCUT2D eigenvalue weighted by Gasteiger charge is -2.30. The van der Waals surface area contributed by atoms with Gasteiger partial charge < -0.3 is 14.2 Å². The zero-order valence-corrected chi connectivity index (χ0v) is 12.1. The fraction of sp³-hybridized carbons (Fsp3) is 0.846. The fourth-order valence-electron chi connectivity index (χ4n) is 2.67. The van der Waals surface area contributed by atoms with Gasteiger partial charge in [0.05, 0.1) is 26.4 Å². The Morgan fingerprint density at radius 2 is 1.95 bits per heavy atom. The van der Waals surface area contributed by atoms with Gasteiger partial charge in [-0.2, -0.15) is 0 Å². The molecule has 6 nitrogen and oxygen atoms in total. The van der Waals surface area contributed by atoms with E-state index in [0.29, 0.717) is 0 Å². The second-order valence-corrected chi connectivity index (χ2v) is 6.07. The minimum atomic E-state index is -1.50. The summed E-state index contributed by atoms with van der Waals surface area (Å²) in [7, 11) is 1.17. The standard InChI is InChI=1S/C13H20FNO5/c1-13(2,3)20-12(17)15-8-6-19-5-7(8)9(14)10(15)11(16)18-4/h7-10H,5-6H2,1-4H3. The molecule has 0 spiro atoms. The van der Waals surface area contributed by atoms with Crippen molar-refractivity contribution >= 4 is 12.1 Å². The Morgan fingerprint density at radius 1 is 1.30 bits per heavy atom. The lowest BCUT2D eigenvalue weighted by molar-refractivity contribution is -0.148. The van der Waals surface area contributed by atoms with Crippen LogP contribution in [-0.2, 0) is 19.0 Å². The van der Waals surface area contributed by atoms with E-state index >= 15 is 0 Å². The van der Waals surface area contributed by atoms with Gasteiger partial charge in [0.15, 0.2) is 6.04 Å². The predicted molar refractivity (Wildman–Crippen MR) is 66.9 cm³/mol. The summed E-state index contributed by atoms with van der Waals surface area (Å²) in [5.74, 6) is -1.27. The average molecular weight is 289 g/mol. The molecule has 2 saturated heterocycles. The summed E-state index contributed by atoms with van der Waals surface area (Å²) >= 11 is 0. The van der Waals surface area contributed by atoms with Crippen LogP contribution in [0.25, 0.3) is 0 Å². The van der Waals surface area contributed by atoms with Gasteiger partial charge in [-0.25, -0.2) is 14.0 Å². The van der Waals surface area contributed by atoms with Gasteiger partial charge >= 0.3 is 12.1 Å². The summed E-state index contributed by atoms with van der Waals surface area (Å²) in [5, 5.41) is 0. The number of hydrogen-bond donors (Lipinski definition) is 0. The number of ether oxygens (including phenoxy) is 3. The molecule has 0 aromatic rings. The quantitative estimate of drug-likeness (QED) is 0.677. The van der Waals surface area contributed by atoms with Gasteiger partial charge in [-0.1, -0.05) is 0 Å². The summed E-state index contributed by atoms with van der Waals surface area (Å²) in [6.45, 7) is 5.54. The number of methoxy groups -OCH3 is 1. The van der Waals surface area contributed by atoms with Crippen molar-refractivity contribution in [3.63, 3.8) is 0 Å². The van der Waals surface area contributed by atoms with Crippen LogP contribution in [0.3, 0.4) is 0 Å². The van der Waals surface area contributed by atoms with Gasteiger partial charge in [0.2, 0.25) is 0 Å². The third kappa shape index (κ3) is 2.59. The van der Waals surface area contributed by atoms with Gasteiger partial charge in [-0.15, -0.1) is 0 Å². The molecule has 0 aromatic heterocycles. The van der Waals surface area contributed by atoms with Gasteiger partial charge in [-0.3, -0.25) is 4.90 Å². The summed E-state index contributed by atoms with van der Waals surface area (Å²) < 4.78 is 29.5. The van der Waals surface area contributed by atoms with Crippen LogP contribution < -0.4 is 0 Å². The van der Waals surface area contributed by atoms with Crippen LogP contribution in [-0.4, -0.2) is 61.1 Å². The number of alkyl halides is 1. The van der Waals surface area contributed by atoms with Crippen LogP contribution in [0.4, 0.5) is 9.18 Å². The molecule has 0 N–H and O–H groups in total. The maximum Gasteiger partial charge on any atom is 0.411 e. The molecule has 2 fully saturated rings.